The van der Waals surface area contributed by atoms with Crippen LogP contribution in [0.5, 0.6) is 5.75 Å². The molecule has 1 rings (SSSR count). The second-order valence-electron chi connectivity index (χ2n) is 6.56. The van der Waals surface area contributed by atoms with E-state index >= 15 is 0 Å². The van der Waals surface area contributed by atoms with E-state index in [-0.39, 0.29) is 0 Å². The highest BCUT2D eigenvalue weighted by Gasteiger charge is 2.16. The minimum atomic E-state index is -1.26. The summed E-state index contributed by atoms with van der Waals surface area (Å²) in [5, 5.41) is 20.7. The van der Waals surface area contributed by atoms with Crippen LogP contribution >= 0.6 is 35.4 Å². The molecule has 8 nitrogen and oxygen atoms in total. The van der Waals surface area contributed by atoms with Crippen LogP contribution in [-0.2, 0) is 9.59 Å². The number of rotatable bonds is 10. The molecule has 0 saturated heterocycles. The predicted molar refractivity (Wildman–Crippen MR) is 127 cm³/mol. The van der Waals surface area contributed by atoms with E-state index < -0.39 is 11.9 Å². The van der Waals surface area contributed by atoms with Gasteiger partial charge in [0.15, 0.2) is 5.11 Å². The zero-order chi connectivity index (χ0) is 24.0. The van der Waals surface area contributed by atoms with Crippen LogP contribution in [0.3, 0.4) is 0 Å². The standard InChI is InChI=1S/C16H25Cl2N3OS.C4H4O4/c1-12(2)21(16(23)20(4)6-5-19-3)7-8-22-15-10-13(17)9-14(18)11-15;5-3(6)1-2-4(7)8/h9-12,19H,5-8H2,1-4H3;1-2H,(H,5,6)(H,7,8)/b;2-1-. The number of nitrogens with one attached hydrogen (secondary N) is 1. The molecule has 0 fully saturated rings. The summed E-state index contributed by atoms with van der Waals surface area (Å²) in [6.45, 7) is 7.20. The summed E-state index contributed by atoms with van der Waals surface area (Å²) < 4.78 is 5.76. The number of carboxylic acids is 2. The van der Waals surface area contributed by atoms with Crippen LogP contribution in [0.25, 0.3) is 0 Å². The highest BCUT2D eigenvalue weighted by atomic mass is 35.5. The molecule has 0 bridgehead atoms. The van der Waals surface area contributed by atoms with E-state index in [9.17, 15) is 9.59 Å². The molecule has 0 unspecified atom stereocenters. The molecule has 31 heavy (non-hydrogen) atoms. The van der Waals surface area contributed by atoms with Crippen molar-refractivity contribution in [3.8, 4) is 5.75 Å². The van der Waals surface area contributed by atoms with Crippen LogP contribution in [-0.4, -0.2) is 83.4 Å². The Bertz CT molecular complexity index is 726. The number of benzene rings is 1. The van der Waals surface area contributed by atoms with Crippen LogP contribution < -0.4 is 10.1 Å². The lowest BCUT2D eigenvalue weighted by Crippen LogP contribution is -2.47. The Labute approximate surface area is 198 Å². The molecule has 1 aromatic rings. The Morgan fingerprint density at radius 3 is 2.06 bits per heavy atom. The van der Waals surface area contributed by atoms with E-state index in [4.69, 9.17) is 50.4 Å². The molecule has 0 aliphatic heterocycles. The number of nitrogens with zero attached hydrogens (tertiary/aromatic N) is 2. The van der Waals surface area contributed by atoms with Crippen molar-refractivity contribution in [1.29, 1.82) is 0 Å². The van der Waals surface area contributed by atoms with Crippen molar-refractivity contribution in [2.75, 3.05) is 40.3 Å². The molecule has 3 N–H and O–H groups in total. The molecule has 0 spiro atoms. The monoisotopic (exact) mass is 493 g/mol. The summed E-state index contributed by atoms with van der Waals surface area (Å²) in [5.74, 6) is -1.85. The maximum Gasteiger partial charge on any atom is 0.328 e. The highest BCUT2D eigenvalue weighted by molar-refractivity contribution is 7.80. The van der Waals surface area contributed by atoms with Gasteiger partial charge < -0.3 is 30.1 Å². The van der Waals surface area contributed by atoms with Gasteiger partial charge in [-0.25, -0.2) is 9.59 Å². The summed E-state index contributed by atoms with van der Waals surface area (Å²) in [6, 6.07) is 5.49. The number of ether oxygens (including phenoxy) is 1. The fourth-order valence-corrected chi connectivity index (χ4v) is 3.08. The second-order valence-corrected chi connectivity index (χ2v) is 7.80. The largest absolute Gasteiger partial charge is 0.492 e. The van der Waals surface area contributed by atoms with E-state index in [0.29, 0.717) is 47.1 Å². The van der Waals surface area contributed by atoms with Crippen LogP contribution in [0, 0.1) is 0 Å². The molecule has 0 aliphatic rings. The first-order chi connectivity index (χ1) is 14.5. The maximum absolute atomic E-state index is 9.55. The van der Waals surface area contributed by atoms with Gasteiger partial charge in [0.05, 0.1) is 6.54 Å². The Kier molecular flexibility index (Phi) is 14.6. The second kappa shape index (κ2) is 15.7. The SMILES string of the molecule is CNCCN(C)C(=S)N(CCOc1cc(Cl)cc(Cl)c1)C(C)C.O=C(O)/C=C\C(=O)O. The van der Waals surface area contributed by atoms with Gasteiger partial charge >= 0.3 is 11.9 Å². The minimum absolute atomic E-state index is 0.297. The third-order valence-corrected chi connectivity index (χ3v) is 4.68. The lowest BCUT2D eigenvalue weighted by molar-refractivity contribution is -0.134. The smallest absolute Gasteiger partial charge is 0.328 e. The van der Waals surface area contributed by atoms with E-state index in [2.05, 4.69) is 29.0 Å². The summed E-state index contributed by atoms with van der Waals surface area (Å²) >= 11 is 17.5. The zero-order valence-corrected chi connectivity index (χ0v) is 20.3. The molecule has 174 valence electrons. The van der Waals surface area contributed by atoms with Crippen LogP contribution in [0.1, 0.15) is 13.8 Å². The average Bonchev–Trinajstić information content (AvgIpc) is 2.66. The lowest BCUT2D eigenvalue weighted by atomic mass is 10.3. The normalized spacial score (nSPS) is 10.4. The summed E-state index contributed by atoms with van der Waals surface area (Å²) in [5.41, 5.74) is 0. The Morgan fingerprint density at radius 1 is 1.13 bits per heavy atom. The van der Waals surface area contributed by atoms with Gasteiger partial charge in [0.25, 0.3) is 0 Å². The Morgan fingerprint density at radius 2 is 1.65 bits per heavy atom. The molecule has 0 aromatic heterocycles. The van der Waals surface area contributed by atoms with Gasteiger partial charge in [-0.1, -0.05) is 23.2 Å². The van der Waals surface area contributed by atoms with E-state index in [0.717, 1.165) is 18.2 Å². The minimum Gasteiger partial charge on any atom is -0.492 e. The molecule has 1 aromatic carbocycles. The van der Waals surface area contributed by atoms with Crippen molar-refractivity contribution < 1.29 is 24.5 Å². The number of halogens is 2. The van der Waals surface area contributed by atoms with Crippen molar-refractivity contribution in [1.82, 2.24) is 15.1 Å². The third kappa shape index (κ3) is 13.8. The van der Waals surface area contributed by atoms with Gasteiger partial charge in [0.2, 0.25) is 0 Å². The number of thiocarbonyl (C=S) groups is 1. The Balaban J connectivity index is 0.000000954. The predicted octanol–water partition coefficient (Wildman–Crippen LogP) is 3.23. The number of carboxylic acid groups (broad SMARTS) is 2. The van der Waals surface area contributed by atoms with Gasteiger partial charge in [0.1, 0.15) is 12.4 Å². The first kappa shape index (κ1) is 28.9. The molecule has 0 radical (unpaired) electrons. The molecule has 0 atom stereocenters. The lowest BCUT2D eigenvalue weighted by Gasteiger charge is -2.34. The summed E-state index contributed by atoms with van der Waals surface area (Å²) in [6.07, 6.45) is 1.12. The van der Waals surface area contributed by atoms with Crippen LogP contribution in [0.2, 0.25) is 10.0 Å². The van der Waals surface area contributed by atoms with Gasteiger partial charge in [-0.2, -0.15) is 0 Å². The fraction of sp³-hybridized carbons (Fsp3) is 0.450. The average molecular weight is 494 g/mol. The summed E-state index contributed by atoms with van der Waals surface area (Å²) in [7, 11) is 3.94. The number of likely N-dealkylation sites (N-methyl/N-ethyl adjacent to an activating group) is 2. The first-order valence-corrected chi connectivity index (χ1v) is 10.5. The number of carbonyl (C=O) groups is 2. The van der Waals surface area contributed by atoms with Crippen molar-refractivity contribution in [3.63, 3.8) is 0 Å². The van der Waals surface area contributed by atoms with E-state index in [1.165, 1.54) is 0 Å². The van der Waals surface area contributed by atoms with Crippen LogP contribution in [0.15, 0.2) is 30.4 Å². The molecule has 0 heterocycles. The summed E-state index contributed by atoms with van der Waals surface area (Å²) in [4.78, 5) is 23.3. The van der Waals surface area contributed by atoms with Crippen molar-refractivity contribution in [3.05, 3.63) is 40.4 Å². The van der Waals surface area contributed by atoms with Gasteiger partial charge in [0, 0.05) is 48.4 Å². The number of hydrogen-bond donors (Lipinski definition) is 3. The van der Waals surface area contributed by atoms with E-state index in [1.807, 2.05) is 14.1 Å². The highest BCUT2D eigenvalue weighted by Crippen LogP contribution is 2.24. The zero-order valence-electron chi connectivity index (χ0n) is 18.0. The molecular formula is C20H29Cl2N3O5S. The molecule has 11 heteroatoms. The quantitative estimate of drug-likeness (QED) is 0.334. The fourth-order valence-electron chi connectivity index (χ4n) is 2.19. The topological polar surface area (TPSA) is 102 Å². The van der Waals surface area contributed by atoms with Gasteiger partial charge in [-0.05, 0) is 51.3 Å². The van der Waals surface area contributed by atoms with Gasteiger partial charge in [-0.3, -0.25) is 0 Å². The molecule has 0 aliphatic carbocycles. The van der Waals surface area contributed by atoms with Crippen LogP contribution in [0.4, 0.5) is 0 Å². The molecular weight excluding hydrogens is 465 g/mol. The number of hydrogen-bond acceptors (Lipinski definition) is 5. The van der Waals surface area contributed by atoms with Gasteiger partial charge in [-0.15, -0.1) is 0 Å². The van der Waals surface area contributed by atoms with Crippen molar-refractivity contribution >= 4 is 52.5 Å². The van der Waals surface area contributed by atoms with Crippen molar-refractivity contribution in [2.24, 2.45) is 0 Å². The molecule has 0 amide bonds. The third-order valence-electron chi connectivity index (χ3n) is 3.70. The first-order valence-electron chi connectivity index (χ1n) is 9.37. The van der Waals surface area contributed by atoms with Crippen molar-refractivity contribution in [2.45, 2.75) is 19.9 Å². The number of aliphatic carboxylic acids is 2. The molecule has 0 saturated carbocycles. The van der Waals surface area contributed by atoms with E-state index in [1.54, 1.807) is 18.2 Å². The Hall–Kier alpha value is -2.07. The maximum atomic E-state index is 9.55.